The first-order valence-corrected chi connectivity index (χ1v) is 4.85. The van der Waals surface area contributed by atoms with Gasteiger partial charge in [-0.05, 0) is 24.4 Å². The van der Waals surface area contributed by atoms with Crippen molar-refractivity contribution in [3.8, 4) is 0 Å². The Kier molecular flexibility index (Phi) is 5.06. The Balaban J connectivity index is 2.50. The van der Waals surface area contributed by atoms with Crippen molar-refractivity contribution in [1.29, 1.82) is 0 Å². The summed E-state index contributed by atoms with van der Waals surface area (Å²) in [6, 6.07) is 0. The summed E-state index contributed by atoms with van der Waals surface area (Å²) in [5, 5.41) is 18.4. The van der Waals surface area contributed by atoms with Gasteiger partial charge in [0.05, 0.1) is 0 Å². The molecule has 0 atom stereocenters. The van der Waals surface area contributed by atoms with Crippen molar-refractivity contribution in [2.24, 2.45) is 5.16 Å². The lowest BCUT2D eigenvalue weighted by molar-refractivity contribution is 0.192. The van der Waals surface area contributed by atoms with Gasteiger partial charge in [0.1, 0.15) is 5.69 Å². The molecule has 15 heavy (non-hydrogen) atoms. The smallest absolute Gasteiger partial charge is 0.199 e. The highest BCUT2D eigenvalue weighted by Gasteiger charge is 2.14. The molecule has 7 heteroatoms. The van der Waals surface area contributed by atoms with Gasteiger partial charge in [0.15, 0.2) is 10.9 Å². The molecule has 1 aromatic heterocycles. The van der Waals surface area contributed by atoms with E-state index < -0.39 is 0 Å². The minimum atomic E-state index is -0.113. The average molecular weight is 234 g/mol. The van der Waals surface area contributed by atoms with E-state index in [1.54, 1.807) is 7.11 Å². The zero-order chi connectivity index (χ0) is 11.1. The molecule has 1 N–H and O–H groups in total. The minimum absolute atomic E-state index is 0.113. The van der Waals surface area contributed by atoms with E-state index >= 15 is 0 Å². The molecule has 0 aliphatic heterocycles. The predicted molar refractivity (Wildman–Crippen MR) is 53.3 cm³/mol. The van der Waals surface area contributed by atoms with Crippen LogP contribution < -0.4 is 0 Å². The van der Waals surface area contributed by atoms with Gasteiger partial charge in [-0.1, -0.05) is 21.9 Å². The van der Waals surface area contributed by atoms with Crippen LogP contribution >= 0.6 is 11.6 Å². The summed E-state index contributed by atoms with van der Waals surface area (Å²) < 4.78 is 9.43. The Morgan fingerprint density at radius 3 is 3.00 bits per heavy atom. The lowest BCUT2D eigenvalue weighted by Gasteiger charge is -1.97. The first-order valence-electron chi connectivity index (χ1n) is 4.48. The highest BCUT2D eigenvalue weighted by molar-refractivity contribution is 6.69. The van der Waals surface area contributed by atoms with Crippen LogP contribution in [0.25, 0.3) is 0 Å². The van der Waals surface area contributed by atoms with Crippen LogP contribution in [-0.4, -0.2) is 34.4 Å². The third kappa shape index (κ3) is 3.49. The number of aryl methyl sites for hydroxylation is 1. The van der Waals surface area contributed by atoms with Gasteiger partial charge in [-0.15, -0.1) is 0 Å². The van der Waals surface area contributed by atoms with Crippen LogP contribution in [0.4, 0.5) is 0 Å². The Morgan fingerprint density at radius 1 is 1.53 bits per heavy atom. The van der Waals surface area contributed by atoms with Crippen molar-refractivity contribution in [2.45, 2.75) is 19.3 Å². The third-order valence-corrected chi connectivity index (χ3v) is 2.11. The van der Waals surface area contributed by atoms with Crippen molar-refractivity contribution in [3.05, 3.63) is 11.4 Å². The fourth-order valence-electron chi connectivity index (χ4n) is 1.11. The molecule has 1 aromatic rings. The summed E-state index contributed by atoms with van der Waals surface area (Å²) >= 11 is 5.59. The number of aromatic nitrogens is 2. The topological polar surface area (TPSA) is 80.7 Å². The average Bonchev–Trinajstić information content (AvgIpc) is 2.71. The van der Waals surface area contributed by atoms with Crippen molar-refractivity contribution in [3.63, 3.8) is 0 Å². The predicted octanol–water partition coefficient (Wildman–Crippen LogP) is 1.41. The van der Waals surface area contributed by atoms with E-state index in [0.717, 1.165) is 12.8 Å². The molecule has 0 fully saturated rings. The van der Waals surface area contributed by atoms with Crippen LogP contribution in [-0.2, 0) is 11.2 Å². The van der Waals surface area contributed by atoms with Crippen LogP contribution in [0, 0.1) is 0 Å². The quantitative estimate of drug-likeness (QED) is 0.348. The highest BCUT2D eigenvalue weighted by atomic mass is 35.5. The second-order valence-electron chi connectivity index (χ2n) is 2.90. The SMILES string of the molecule is COCCCCc1nonc1/C(Cl)=N/O. The van der Waals surface area contributed by atoms with Crippen LogP contribution in [0.2, 0.25) is 0 Å². The second kappa shape index (κ2) is 6.36. The normalized spacial score (nSPS) is 12.0. The zero-order valence-corrected chi connectivity index (χ0v) is 9.07. The van der Waals surface area contributed by atoms with E-state index in [1.165, 1.54) is 0 Å². The number of hydrogen-bond donors (Lipinski definition) is 1. The van der Waals surface area contributed by atoms with Crippen LogP contribution in [0.1, 0.15) is 24.2 Å². The summed E-state index contributed by atoms with van der Waals surface area (Å²) in [6.07, 6.45) is 2.45. The maximum atomic E-state index is 8.47. The first kappa shape index (κ1) is 11.9. The second-order valence-corrected chi connectivity index (χ2v) is 3.26. The summed E-state index contributed by atoms with van der Waals surface area (Å²) in [6.45, 7) is 0.697. The Labute approximate surface area is 91.8 Å². The zero-order valence-electron chi connectivity index (χ0n) is 8.31. The maximum absolute atomic E-state index is 8.47. The monoisotopic (exact) mass is 233 g/mol. The maximum Gasteiger partial charge on any atom is 0.199 e. The number of unbranched alkanes of at least 4 members (excludes halogenated alkanes) is 1. The molecular formula is C8H12ClN3O3. The van der Waals surface area contributed by atoms with E-state index in [9.17, 15) is 0 Å². The number of ether oxygens (including phenoxy) is 1. The van der Waals surface area contributed by atoms with Crippen LogP contribution in [0.3, 0.4) is 0 Å². The molecule has 0 saturated heterocycles. The van der Waals surface area contributed by atoms with Crippen LogP contribution in [0.5, 0.6) is 0 Å². The number of halogens is 1. The van der Waals surface area contributed by atoms with Gasteiger partial charge >= 0.3 is 0 Å². The fraction of sp³-hybridized carbons (Fsp3) is 0.625. The molecule has 1 rings (SSSR count). The summed E-state index contributed by atoms with van der Waals surface area (Å²) in [7, 11) is 1.65. The number of methoxy groups -OCH3 is 1. The summed E-state index contributed by atoms with van der Waals surface area (Å²) in [5.74, 6) is 0. The number of hydrogen-bond acceptors (Lipinski definition) is 6. The molecule has 0 bridgehead atoms. The molecule has 6 nitrogen and oxygen atoms in total. The lowest BCUT2D eigenvalue weighted by atomic mass is 10.2. The van der Waals surface area contributed by atoms with Crippen molar-refractivity contribution in [1.82, 2.24) is 10.3 Å². The number of rotatable bonds is 6. The standard InChI is InChI=1S/C8H12ClN3O3/c1-14-5-3-2-4-6-7(8(9)10-13)12-15-11-6/h13H,2-5H2,1H3/b10-8-. The molecule has 84 valence electrons. The molecule has 1 heterocycles. The van der Waals surface area contributed by atoms with Gasteiger partial charge in [0.2, 0.25) is 0 Å². The molecule has 0 amide bonds. The molecule has 0 aromatic carbocycles. The molecule has 0 saturated carbocycles. The number of oxime groups is 1. The molecule has 0 spiro atoms. The fourth-order valence-corrected chi connectivity index (χ4v) is 1.26. The van der Waals surface area contributed by atoms with E-state index in [4.69, 9.17) is 21.5 Å². The van der Waals surface area contributed by atoms with Gasteiger partial charge in [-0.25, -0.2) is 4.63 Å². The van der Waals surface area contributed by atoms with Crippen molar-refractivity contribution in [2.75, 3.05) is 13.7 Å². The van der Waals surface area contributed by atoms with Gasteiger partial charge in [0.25, 0.3) is 0 Å². The Morgan fingerprint density at radius 2 is 2.33 bits per heavy atom. The molecule has 0 unspecified atom stereocenters. The molecule has 0 radical (unpaired) electrons. The van der Waals surface area contributed by atoms with Gasteiger partial charge in [-0.3, -0.25) is 0 Å². The number of nitrogens with zero attached hydrogens (tertiary/aromatic N) is 3. The lowest BCUT2D eigenvalue weighted by Crippen LogP contribution is -1.99. The highest BCUT2D eigenvalue weighted by Crippen LogP contribution is 2.10. The Bertz CT molecular complexity index is 327. The third-order valence-electron chi connectivity index (χ3n) is 1.85. The van der Waals surface area contributed by atoms with E-state index in [-0.39, 0.29) is 10.9 Å². The first-order chi connectivity index (χ1) is 7.29. The van der Waals surface area contributed by atoms with Crippen LogP contribution in [0.15, 0.2) is 9.78 Å². The van der Waals surface area contributed by atoms with Gasteiger partial charge < -0.3 is 9.94 Å². The van der Waals surface area contributed by atoms with Gasteiger partial charge in [-0.2, -0.15) is 0 Å². The van der Waals surface area contributed by atoms with Crippen molar-refractivity contribution >= 4 is 16.8 Å². The van der Waals surface area contributed by atoms with Gasteiger partial charge in [0, 0.05) is 13.7 Å². The largest absolute Gasteiger partial charge is 0.410 e. The van der Waals surface area contributed by atoms with Crippen molar-refractivity contribution < 1.29 is 14.6 Å². The molecule has 0 aliphatic carbocycles. The summed E-state index contributed by atoms with van der Waals surface area (Å²) in [5.41, 5.74) is 0.880. The molecule has 0 aliphatic rings. The Hall–Kier alpha value is -1.14. The van der Waals surface area contributed by atoms with E-state index in [0.29, 0.717) is 18.7 Å². The minimum Gasteiger partial charge on any atom is -0.410 e. The van der Waals surface area contributed by atoms with E-state index in [1.807, 2.05) is 0 Å². The van der Waals surface area contributed by atoms with E-state index in [2.05, 4.69) is 20.1 Å². The summed E-state index contributed by atoms with van der Waals surface area (Å²) in [4.78, 5) is 0. The molecular weight excluding hydrogens is 222 g/mol.